The first-order chi connectivity index (χ1) is 6.84. The van der Waals surface area contributed by atoms with E-state index in [1.165, 1.54) is 30.5 Å². The van der Waals surface area contributed by atoms with Crippen LogP contribution < -0.4 is 5.32 Å². The molecule has 5 heteroatoms. The van der Waals surface area contributed by atoms with Crippen LogP contribution in [-0.4, -0.2) is 26.8 Å². The van der Waals surface area contributed by atoms with Crippen molar-refractivity contribution in [2.75, 3.05) is 6.54 Å². The predicted molar refractivity (Wildman–Crippen MR) is 52.5 cm³/mol. The van der Waals surface area contributed by atoms with Crippen molar-refractivity contribution in [3.63, 3.8) is 0 Å². The maximum atomic E-state index is 4.11. The molecule has 2 rings (SSSR count). The van der Waals surface area contributed by atoms with Gasteiger partial charge in [-0.25, -0.2) is 0 Å². The fourth-order valence-electron chi connectivity index (χ4n) is 2.00. The van der Waals surface area contributed by atoms with E-state index in [9.17, 15) is 0 Å². The minimum Gasteiger partial charge on any atom is -0.309 e. The Morgan fingerprint density at radius 1 is 1.43 bits per heavy atom. The lowest BCUT2D eigenvalue weighted by molar-refractivity contribution is 0.483. The predicted octanol–water partition coefficient (Wildman–Crippen LogP) is 0.490. The Kier molecular flexibility index (Phi) is 3.08. The monoisotopic (exact) mass is 195 g/mol. The smallest absolute Gasteiger partial charge is 0.188 e. The van der Waals surface area contributed by atoms with Crippen molar-refractivity contribution in [3.8, 4) is 0 Å². The van der Waals surface area contributed by atoms with Crippen molar-refractivity contribution in [1.29, 1.82) is 0 Å². The number of aromatic nitrogens is 4. The number of aryl methyl sites for hydroxylation is 1. The van der Waals surface area contributed by atoms with Crippen LogP contribution in [0.4, 0.5) is 0 Å². The molecule has 14 heavy (non-hydrogen) atoms. The quantitative estimate of drug-likeness (QED) is 0.759. The van der Waals surface area contributed by atoms with E-state index in [1.54, 1.807) is 7.05 Å². The maximum Gasteiger partial charge on any atom is 0.188 e. The fraction of sp³-hybridized carbons (Fsp3) is 0.889. The Morgan fingerprint density at radius 2 is 2.21 bits per heavy atom. The van der Waals surface area contributed by atoms with E-state index in [0.717, 1.165) is 24.8 Å². The van der Waals surface area contributed by atoms with Gasteiger partial charge in [0.05, 0.1) is 13.6 Å². The van der Waals surface area contributed by atoms with Crippen LogP contribution in [0.15, 0.2) is 0 Å². The molecule has 1 aromatic heterocycles. The third-order valence-electron chi connectivity index (χ3n) is 2.74. The Morgan fingerprint density at radius 3 is 2.86 bits per heavy atom. The second kappa shape index (κ2) is 4.50. The zero-order valence-electron chi connectivity index (χ0n) is 8.61. The van der Waals surface area contributed by atoms with Crippen molar-refractivity contribution >= 4 is 0 Å². The summed E-state index contributed by atoms with van der Waals surface area (Å²) in [6, 6.07) is 0. The van der Waals surface area contributed by atoms with Crippen molar-refractivity contribution in [2.45, 2.75) is 32.2 Å². The van der Waals surface area contributed by atoms with Crippen LogP contribution in [0.2, 0.25) is 0 Å². The summed E-state index contributed by atoms with van der Waals surface area (Å²) < 4.78 is 0. The summed E-state index contributed by atoms with van der Waals surface area (Å²) >= 11 is 0. The van der Waals surface area contributed by atoms with Gasteiger partial charge < -0.3 is 5.32 Å². The van der Waals surface area contributed by atoms with Gasteiger partial charge in [-0.15, -0.1) is 10.2 Å². The van der Waals surface area contributed by atoms with Crippen molar-refractivity contribution < 1.29 is 0 Å². The standard InChI is InChI=1S/C9H17N5/c1-14-12-9(11-13-14)7-10-6-8-4-2-3-5-8/h8,10H,2-7H2,1H3. The Labute approximate surface area is 83.9 Å². The normalized spacial score (nSPS) is 17.8. The molecule has 1 N–H and O–H groups in total. The van der Waals surface area contributed by atoms with Gasteiger partial charge in [-0.05, 0) is 30.5 Å². The third-order valence-corrected chi connectivity index (χ3v) is 2.74. The zero-order chi connectivity index (χ0) is 9.80. The van der Waals surface area contributed by atoms with E-state index in [2.05, 4.69) is 20.7 Å². The number of nitrogens with zero attached hydrogens (tertiary/aromatic N) is 4. The van der Waals surface area contributed by atoms with Gasteiger partial charge in [0.2, 0.25) is 0 Å². The molecule has 0 aromatic carbocycles. The Hall–Kier alpha value is -0.970. The molecule has 1 heterocycles. The zero-order valence-corrected chi connectivity index (χ0v) is 8.61. The largest absolute Gasteiger partial charge is 0.309 e. The van der Waals surface area contributed by atoms with Gasteiger partial charge in [0.15, 0.2) is 5.82 Å². The summed E-state index contributed by atoms with van der Waals surface area (Å²) in [7, 11) is 1.79. The van der Waals surface area contributed by atoms with E-state index >= 15 is 0 Å². The maximum absolute atomic E-state index is 4.11. The van der Waals surface area contributed by atoms with Crippen molar-refractivity contribution in [1.82, 2.24) is 25.5 Å². The second-order valence-electron chi connectivity index (χ2n) is 3.98. The van der Waals surface area contributed by atoms with Gasteiger partial charge in [0.1, 0.15) is 0 Å². The summed E-state index contributed by atoms with van der Waals surface area (Å²) in [5.74, 6) is 1.65. The van der Waals surface area contributed by atoms with Gasteiger partial charge in [-0.1, -0.05) is 12.8 Å². The molecule has 0 unspecified atom stereocenters. The van der Waals surface area contributed by atoms with Crippen LogP contribution in [0, 0.1) is 5.92 Å². The SMILES string of the molecule is Cn1nnc(CNCC2CCCC2)n1. The molecule has 0 bridgehead atoms. The first kappa shape index (κ1) is 9.58. The summed E-state index contributed by atoms with van der Waals surface area (Å²) in [6.45, 7) is 1.84. The van der Waals surface area contributed by atoms with Crippen molar-refractivity contribution in [2.24, 2.45) is 13.0 Å². The van der Waals surface area contributed by atoms with Crippen LogP contribution in [0.3, 0.4) is 0 Å². The molecule has 0 aliphatic heterocycles. The second-order valence-corrected chi connectivity index (χ2v) is 3.98. The molecule has 1 fully saturated rings. The Balaban J connectivity index is 1.67. The molecule has 5 nitrogen and oxygen atoms in total. The van der Waals surface area contributed by atoms with Gasteiger partial charge in [-0.3, -0.25) is 0 Å². The molecule has 0 saturated heterocycles. The van der Waals surface area contributed by atoms with E-state index < -0.39 is 0 Å². The highest BCUT2D eigenvalue weighted by Gasteiger charge is 2.14. The van der Waals surface area contributed by atoms with Crippen LogP contribution in [0.5, 0.6) is 0 Å². The van der Waals surface area contributed by atoms with Gasteiger partial charge >= 0.3 is 0 Å². The van der Waals surface area contributed by atoms with E-state index in [-0.39, 0.29) is 0 Å². The highest BCUT2D eigenvalue weighted by molar-refractivity contribution is 4.77. The number of tetrazole rings is 1. The number of hydrogen-bond donors (Lipinski definition) is 1. The number of nitrogens with one attached hydrogen (secondary N) is 1. The first-order valence-electron chi connectivity index (χ1n) is 5.28. The molecule has 1 saturated carbocycles. The summed E-state index contributed by atoms with van der Waals surface area (Å²) in [4.78, 5) is 1.49. The Bertz CT molecular complexity index is 276. The van der Waals surface area contributed by atoms with Crippen LogP contribution in [0.25, 0.3) is 0 Å². The van der Waals surface area contributed by atoms with E-state index in [0.29, 0.717) is 0 Å². The molecular formula is C9H17N5. The van der Waals surface area contributed by atoms with Crippen LogP contribution in [0.1, 0.15) is 31.5 Å². The molecule has 1 aliphatic carbocycles. The van der Waals surface area contributed by atoms with Crippen molar-refractivity contribution in [3.05, 3.63) is 5.82 Å². The fourth-order valence-corrected chi connectivity index (χ4v) is 2.00. The van der Waals surface area contributed by atoms with E-state index in [4.69, 9.17) is 0 Å². The average molecular weight is 195 g/mol. The topological polar surface area (TPSA) is 55.6 Å². The molecule has 0 amide bonds. The third kappa shape index (κ3) is 2.51. The van der Waals surface area contributed by atoms with Crippen LogP contribution >= 0.6 is 0 Å². The minimum absolute atomic E-state index is 0.740. The molecule has 0 radical (unpaired) electrons. The molecule has 78 valence electrons. The van der Waals surface area contributed by atoms with Crippen LogP contribution in [-0.2, 0) is 13.6 Å². The van der Waals surface area contributed by atoms with Gasteiger partial charge in [0, 0.05) is 0 Å². The molecular weight excluding hydrogens is 178 g/mol. The molecule has 0 atom stereocenters. The average Bonchev–Trinajstić information content (AvgIpc) is 2.77. The van der Waals surface area contributed by atoms with E-state index in [1.807, 2.05) is 0 Å². The highest BCUT2D eigenvalue weighted by atomic mass is 15.6. The van der Waals surface area contributed by atoms with Gasteiger partial charge in [0.25, 0.3) is 0 Å². The lowest BCUT2D eigenvalue weighted by atomic mass is 10.1. The summed E-state index contributed by atoms with van der Waals surface area (Å²) in [6.07, 6.45) is 5.55. The molecule has 1 aliphatic rings. The minimum atomic E-state index is 0.740. The number of rotatable bonds is 4. The highest BCUT2D eigenvalue weighted by Crippen LogP contribution is 2.23. The lowest BCUT2D eigenvalue weighted by Gasteiger charge is -2.08. The molecule has 1 aromatic rings. The lowest BCUT2D eigenvalue weighted by Crippen LogP contribution is -2.21. The molecule has 0 spiro atoms. The number of hydrogen-bond acceptors (Lipinski definition) is 4. The summed E-state index contributed by atoms with van der Waals surface area (Å²) in [5, 5.41) is 15.2. The summed E-state index contributed by atoms with van der Waals surface area (Å²) in [5.41, 5.74) is 0. The van der Waals surface area contributed by atoms with Gasteiger partial charge in [-0.2, -0.15) is 4.80 Å². The first-order valence-corrected chi connectivity index (χ1v) is 5.28.